The molecule has 4 aromatic heterocycles. The maximum atomic E-state index is 5.66. The lowest BCUT2D eigenvalue weighted by Crippen LogP contribution is -2.20. The number of likely N-dealkylation sites (tertiary alicyclic amines) is 1. The van der Waals surface area contributed by atoms with Crippen LogP contribution in [0.1, 0.15) is 28.9 Å². The topological polar surface area (TPSA) is 98.7 Å². The van der Waals surface area contributed by atoms with E-state index in [4.69, 9.17) is 4.52 Å². The summed E-state index contributed by atoms with van der Waals surface area (Å²) in [5.41, 5.74) is 2.96. The highest BCUT2D eigenvalue weighted by Gasteiger charge is 2.38. The summed E-state index contributed by atoms with van der Waals surface area (Å²) in [6, 6.07) is 4.08. The van der Waals surface area contributed by atoms with E-state index in [0.29, 0.717) is 17.4 Å². The highest BCUT2D eigenvalue weighted by atomic mass is 16.5. The number of rotatable bonds is 5. The standard InChI is InChI=1S/C20H20N8O/c1-27-10-14(7-24-27)11-28-12-16(15-3-2-4-21-8-15)17(13-28)20-25-19(26-29-20)18-9-22-5-6-23-18/h2-10,16-17H,11-13H2,1H3/t16-,17+/m0/s1. The Labute approximate surface area is 167 Å². The zero-order chi connectivity index (χ0) is 19.6. The maximum absolute atomic E-state index is 5.66. The lowest BCUT2D eigenvalue weighted by molar-refractivity contribution is 0.309. The summed E-state index contributed by atoms with van der Waals surface area (Å²) in [4.78, 5) is 19.7. The van der Waals surface area contributed by atoms with Crippen molar-refractivity contribution in [3.63, 3.8) is 0 Å². The molecule has 0 aromatic carbocycles. The van der Waals surface area contributed by atoms with Crippen LogP contribution in [0.3, 0.4) is 0 Å². The van der Waals surface area contributed by atoms with Crippen LogP contribution < -0.4 is 0 Å². The molecule has 0 amide bonds. The maximum Gasteiger partial charge on any atom is 0.232 e. The Morgan fingerprint density at radius 3 is 2.72 bits per heavy atom. The molecule has 4 aromatic rings. The predicted molar refractivity (Wildman–Crippen MR) is 104 cm³/mol. The first-order chi connectivity index (χ1) is 14.3. The Balaban J connectivity index is 1.43. The van der Waals surface area contributed by atoms with Crippen LogP contribution in [0.25, 0.3) is 11.5 Å². The minimum absolute atomic E-state index is 0.0776. The second kappa shape index (κ2) is 7.51. The molecule has 9 heteroatoms. The Kier molecular flexibility index (Phi) is 4.57. The van der Waals surface area contributed by atoms with Crippen LogP contribution >= 0.6 is 0 Å². The van der Waals surface area contributed by atoms with E-state index in [1.54, 1.807) is 24.8 Å². The van der Waals surface area contributed by atoms with Gasteiger partial charge in [-0.15, -0.1) is 0 Å². The largest absolute Gasteiger partial charge is 0.339 e. The Hall–Kier alpha value is -3.46. The van der Waals surface area contributed by atoms with E-state index in [1.165, 1.54) is 11.1 Å². The second-order valence-corrected chi connectivity index (χ2v) is 7.26. The number of nitrogens with zero attached hydrogens (tertiary/aromatic N) is 8. The van der Waals surface area contributed by atoms with Crippen LogP contribution in [0.15, 0.2) is 60.0 Å². The molecule has 0 unspecified atom stereocenters. The van der Waals surface area contributed by atoms with Crippen molar-refractivity contribution >= 4 is 0 Å². The van der Waals surface area contributed by atoms with Gasteiger partial charge in [-0.2, -0.15) is 10.1 Å². The first-order valence-electron chi connectivity index (χ1n) is 9.46. The minimum atomic E-state index is 0.0776. The van der Waals surface area contributed by atoms with Crippen molar-refractivity contribution in [1.29, 1.82) is 0 Å². The molecule has 0 radical (unpaired) electrons. The number of aromatic nitrogens is 7. The highest BCUT2D eigenvalue weighted by Crippen LogP contribution is 2.39. The van der Waals surface area contributed by atoms with Gasteiger partial charge in [-0.1, -0.05) is 11.2 Å². The van der Waals surface area contributed by atoms with Crippen LogP contribution in [0.5, 0.6) is 0 Å². The van der Waals surface area contributed by atoms with Crippen molar-refractivity contribution in [3.05, 3.63) is 72.5 Å². The molecule has 5 rings (SSSR count). The molecule has 1 aliphatic rings. The monoisotopic (exact) mass is 388 g/mol. The van der Waals surface area contributed by atoms with Gasteiger partial charge in [-0.05, 0) is 11.6 Å². The lowest BCUT2D eigenvalue weighted by atomic mass is 9.90. The fourth-order valence-electron chi connectivity index (χ4n) is 3.91. The first-order valence-corrected chi connectivity index (χ1v) is 9.46. The summed E-state index contributed by atoms with van der Waals surface area (Å²) in [5, 5.41) is 8.41. The summed E-state index contributed by atoms with van der Waals surface area (Å²) in [7, 11) is 1.93. The van der Waals surface area contributed by atoms with Gasteiger partial charge in [0.1, 0.15) is 5.69 Å². The number of aryl methyl sites for hydroxylation is 1. The average Bonchev–Trinajstić information content (AvgIpc) is 3.49. The van der Waals surface area contributed by atoms with Gasteiger partial charge in [0.05, 0.1) is 18.3 Å². The molecule has 0 spiro atoms. The minimum Gasteiger partial charge on any atom is -0.339 e. The summed E-state index contributed by atoms with van der Waals surface area (Å²) < 4.78 is 7.49. The Bertz CT molecular complexity index is 1080. The molecule has 0 N–H and O–H groups in total. The van der Waals surface area contributed by atoms with E-state index >= 15 is 0 Å². The molecule has 1 fully saturated rings. The van der Waals surface area contributed by atoms with E-state index in [2.05, 4.69) is 41.2 Å². The Morgan fingerprint density at radius 2 is 1.97 bits per heavy atom. The normalized spacial score (nSPS) is 19.6. The van der Waals surface area contributed by atoms with Gasteiger partial charge in [0.25, 0.3) is 0 Å². The summed E-state index contributed by atoms with van der Waals surface area (Å²) in [6.45, 7) is 2.52. The number of hydrogen-bond donors (Lipinski definition) is 0. The van der Waals surface area contributed by atoms with Gasteiger partial charge in [0.2, 0.25) is 11.7 Å². The van der Waals surface area contributed by atoms with Gasteiger partial charge in [-0.3, -0.25) is 19.5 Å². The smallest absolute Gasteiger partial charge is 0.232 e. The molecule has 5 heterocycles. The van der Waals surface area contributed by atoms with Gasteiger partial charge in [0.15, 0.2) is 0 Å². The molecular formula is C20H20N8O. The molecule has 29 heavy (non-hydrogen) atoms. The zero-order valence-electron chi connectivity index (χ0n) is 16.0. The van der Waals surface area contributed by atoms with Crippen LogP contribution in [0.2, 0.25) is 0 Å². The summed E-state index contributed by atoms with van der Waals surface area (Å²) >= 11 is 0. The average molecular weight is 388 g/mol. The fraction of sp³-hybridized carbons (Fsp3) is 0.300. The van der Waals surface area contributed by atoms with E-state index in [0.717, 1.165) is 19.6 Å². The molecule has 9 nitrogen and oxygen atoms in total. The molecule has 146 valence electrons. The van der Waals surface area contributed by atoms with Crippen LogP contribution in [-0.4, -0.2) is 52.9 Å². The van der Waals surface area contributed by atoms with E-state index in [-0.39, 0.29) is 11.8 Å². The van der Waals surface area contributed by atoms with Crippen molar-refractivity contribution in [2.75, 3.05) is 13.1 Å². The van der Waals surface area contributed by atoms with Crippen LogP contribution in [0.4, 0.5) is 0 Å². The van der Waals surface area contributed by atoms with Crippen molar-refractivity contribution in [3.8, 4) is 11.5 Å². The lowest BCUT2D eigenvalue weighted by Gasteiger charge is -2.15. The van der Waals surface area contributed by atoms with Crippen LogP contribution in [0, 0.1) is 0 Å². The Morgan fingerprint density at radius 1 is 1.07 bits per heavy atom. The van der Waals surface area contributed by atoms with E-state index in [9.17, 15) is 0 Å². The summed E-state index contributed by atoms with van der Waals surface area (Å²) in [5.74, 6) is 1.38. The van der Waals surface area contributed by atoms with E-state index < -0.39 is 0 Å². The SMILES string of the molecule is Cn1cc(CN2C[C@@H](c3cccnc3)[C@H](c3nc(-c4cnccn4)no3)C2)cn1. The fourth-order valence-corrected chi connectivity index (χ4v) is 3.91. The predicted octanol–water partition coefficient (Wildman–Crippen LogP) is 2.04. The zero-order valence-corrected chi connectivity index (χ0v) is 16.0. The third-order valence-corrected chi connectivity index (χ3v) is 5.22. The van der Waals surface area contributed by atoms with Gasteiger partial charge in [-0.25, -0.2) is 4.98 Å². The molecule has 2 atom stereocenters. The quantitative estimate of drug-likeness (QED) is 0.512. The summed E-state index contributed by atoms with van der Waals surface area (Å²) in [6.07, 6.45) is 12.5. The number of hydrogen-bond acceptors (Lipinski definition) is 8. The molecule has 1 aliphatic heterocycles. The van der Waals surface area contributed by atoms with Crippen molar-refractivity contribution in [1.82, 2.24) is 39.8 Å². The van der Waals surface area contributed by atoms with Crippen molar-refractivity contribution in [2.24, 2.45) is 7.05 Å². The highest BCUT2D eigenvalue weighted by molar-refractivity contribution is 5.45. The van der Waals surface area contributed by atoms with Crippen LogP contribution in [-0.2, 0) is 13.6 Å². The van der Waals surface area contributed by atoms with Gasteiger partial charge < -0.3 is 4.52 Å². The third kappa shape index (κ3) is 3.64. The molecule has 0 bridgehead atoms. The molecular weight excluding hydrogens is 368 g/mol. The number of pyridine rings is 1. The van der Waals surface area contributed by atoms with Crippen molar-refractivity contribution in [2.45, 2.75) is 18.4 Å². The molecule has 0 saturated carbocycles. The first kappa shape index (κ1) is 17.6. The van der Waals surface area contributed by atoms with Gasteiger partial charge >= 0.3 is 0 Å². The second-order valence-electron chi connectivity index (χ2n) is 7.26. The molecule has 1 saturated heterocycles. The molecule has 0 aliphatic carbocycles. The van der Waals surface area contributed by atoms with Gasteiger partial charge in [0, 0.05) is 69.1 Å². The van der Waals surface area contributed by atoms with Crippen molar-refractivity contribution < 1.29 is 4.52 Å². The third-order valence-electron chi connectivity index (χ3n) is 5.22. The van der Waals surface area contributed by atoms with E-state index in [1.807, 2.05) is 36.4 Å².